The molecule has 0 aliphatic rings. The monoisotopic (exact) mass is 536 g/mol. The number of aliphatic hydroxyl groups is 1. The molecule has 0 bridgehead atoms. The number of benzene rings is 1. The summed E-state index contributed by atoms with van der Waals surface area (Å²) in [5, 5.41) is 21.7. The number of nitrogens with zero attached hydrogens (tertiary/aromatic N) is 4. The molecule has 3 aromatic heterocycles. The first-order valence-corrected chi connectivity index (χ1v) is 10.2. The maximum atomic E-state index is 13.0. The van der Waals surface area contributed by atoms with Crippen LogP contribution in [0.1, 0.15) is 5.56 Å². The van der Waals surface area contributed by atoms with Crippen molar-refractivity contribution in [1.29, 1.82) is 0 Å². The van der Waals surface area contributed by atoms with E-state index in [0.717, 1.165) is 16.7 Å². The summed E-state index contributed by atoms with van der Waals surface area (Å²) in [5.74, 6) is -1.60. The number of hydrogen-bond acceptors (Lipinski definition) is 7. The van der Waals surface area contributed by atoms with Crippen molar-refractivity contribution in [2.24, 2.45) is 0 Å². The first-order valence-electron chi connectivity index (χ1n) is 9.06. The van der Waals surface area contributed by atoms with E-state index >= 15 is 0 Å². The average molecular weight is 538 g/mol. The number of imidazole rings is 1. The van der Waals surface area contributed by atoms with Crippen LogP contribution in [0.4, 0.5) is 13.2 Å². The lowest BCUT2D eigenvalue weighted by molar-refractivity contribution is -0.148. The van der Waals surface area contributed by atoms with E-state index in [1.165, 1.54) is 18.3 Å². The van der Waals surface area contributed by atoms with Gasteiger partial charge in [-0.2, -0.15) is 18.2 Å². The largest absolute Gasteiger partial charge is 0.489 e. The highest BCUT2D eigenvalue weighted by Crippen LogP contribution is 2.37. The Balaban J connectivity index is 1.63. The Kier molecular flexibility index (Phi) is 6.34. The Morgan fingerprint density at radius 1 is 1.12 bits per heavy atom. The molecule has 178 valence electrons. The third kappa shape index (κ3) is 4.75. The second-order valence-electron chi connectivity index (χ2n) is 6.78. The second-order valence-corrected chi connectivity index (χ2v) is 8.00. The highest BCUT2D eigenvalue weighted by molar-refractivity contribution is 6.36. The van der Waals surface area contributed by atoms with Gasteiger partial charge in [-0.05, 0) is 12.1 Å². The van der Waals surface area contributed by atoms with E-state index in [1.807, 2.05) is 0 Å². The molecule has 34 heavy (non-hydrogen) atoms. The number of aliphatic carboxylic acids is 1. The molecule has 1 unspecified atom stereocenters. The first-order chi connectivity index (χ1) is 15.9. The van der Waals surface area contributed by atoms with Crippen molar-refractivity contribution < 1.29 is 37.4 Å². The minimum Gasteiger partial charge on any atom is -0.489 e. The van der Waals surface area contributed by atoms with Gasteiger partial charge >= 0.3 is 12.1 Å². The number of aliphatic hydroxyl groups excluding tert-OH is 1. The maximum Gasteiger partial charge on any atom is 0.417 e. The number of carboxylic acid groups (broad SMARTS) is 1. The quantitative estimate of drug-likeness (QED) is 0.358. The maximum absolute atomic E-state index is 13.0. The molecule has 0 fully saturated rings. The molecule has 2 N–H and O–H groups in total. The zero-order valence-electron chi connectivity index (χ0n) is 16.3. The molecule has 4 rings (SSSR count). The van der Waals surface area contributed by atoms with Gasteiger partial charge in [-0.15, -0.1) is 0 Å². The van der Waals surface area contributed by atoms with Crippen molar-refractivity contribution in [2.75, 3.05) is 6.61 Å². The molecule has 0 radical (unpaired) electrons. The molecule has 0 aliphatic carbocycles. The van der Waals surface area contributed by atoms with Gasteiger partial charge in [0.05, 0.1) is 20.6 Å². The molecule has 0 saturated heterocycles. The van der Waals surface area contributed by atoms with Crippen LogP contribution in [0.15, 0.2) is 35.1 Å². The van der Waals surface area contributed by atoms with Crippen molar-refractivity contribution >= 4 is 46.4 Å². The summed E-state index contributed by atoms with van der Waals surface area (Å²) in [6.45, 7) is -0.566. The normalized spacial score (nSPS) is 12.8. The number of hydrogen-bond donors (Lipinski definition) is 2. The Labute approximate surface area is 202 Å². The predicted molar refractivity (Wildman–Crippen MR) is 113 cm³/mol. The molecule has 0 saturated carbocycles. The van der Waals surface area contributed by atoms with Gasteiger partial charge < -0.3 is 23.9 Å². The third-order valence-corrected chi connectivity index (χ3v) is 5.31. The molecule has 3 heterocycles. The number of rotatable bonds is 6. The molecular weight excluding hydrogens is 528 g/mol. The number of carbonyl (C=O) groups is 1. The highest BCUT2D eigenvalue weighted by atomic mass is 35.5. The Morgan fingerprint density at radius 3 is 2.53 bits per heavy atom. The van der Waals surface area contributed by atoms with E-state index in [1.54, 1.807) is 0 Å². The Hall–Kier alpha value is -3.06. The lowest BCUT2D eigenvalue weighted by Gasteiger charge is -2.11. The predicted octanol–water partition coefficient (Wildman–Crippen LogP) is 4.85. The SMILES string of the molecule is O=C(O)C(O)COc1cc(Cl)c(-c2noc(-c3cn4cc(C(F)(F)F)cc(Cl)c4n3)n2)cc1Cl. The number of halogens is 6. The number of carboxylic acids is 1. The van der Waals surface area contributed by atoms with Crippen LogP contribution in [0.25, 0.3) is 28.6 Å². The summed E-state index contributed by atoms with van der Waals surface area (Å²) in [5.41, 5.74) is -0.630. The number of pyridine rings is 1. The van der Waals surface area contributed by atoms with Gasteiger partial charge in [-0.25, -0.2) is 9.78 Å². The van der Waals surface area contributed by atoms with Gasteiger partial charge in [-0.1, -0.05) is 40.0 Å². The lowest BCUT2D eigenvalue weighted by atomic mass is 10.2. The molecule has 1 atom stereocenters. The van der Waals surface area contributed by atoms with Crippen molar-refractivity contribution in [1.82, 2.24) is 19.5 Å². The molecule has 9 nitrogen and oxygen atoms in total. The number of ether oxygens (including phenoxy) is 1. The van der Waals surface area contributed by atoms with Crippen molar-refractivity contribution in [2.45, 2.75) is 12.3 Å². The minimum atomic E-state index is -4.60. The summed E-state index contributed by atoms with van der Waals surface area (Å²) in [6, 6.07) is 3.36. The van der Waals surface area contributed by atoms with Gasteiger partial charge in [-0.3, -0.25) is 0 Å². The van der Waals surface area contributed by atoms with Crippen molar-refractivity contribution in [3.8, 4) is 28.7 Å². The van der Waals surface area contributed by atoms with Crippen molar-refractivity contribution in [3.05, 3.63) is 51.2 Å². The summed E-state index contributed by atoms with van der Waals surface area (Å²) < 4.78 is 50.5. The fourth-order valence-electron chi connectivity index (χ4n) is 2.80. The van der Waals surface area contributed by atoms with E-state index in [0.29, 0.717) is 0 Å². The van der Waals surface area contributed by atoms with Crippen molar-refractivity contribution in [3.63, 3.8) is 0 Å². The second kappa shape index (κ2) is 8.95. The number of fused-ring (bicyclic) bond motifs is 1. The first kappa shape index (κ1) is 24.1. The van der Waals surface area contributed by atoms with Crippen LogP contribution in [0.2, 0.25) is 15.1 Å². The average Bonchev–Trinajstić information content (AvgIpc) is 3.40. The number of alkyl halides is 3. The van der Waals surface area contributed by atoms with Crippen LogP contribution in [0.3, 0.4) is 0 Å². The number of aromatic nitrogens is 4. The van der Waals surface area contributed by atoms with Crippen LogP contribution in [0.5, 0.6) is 5.75 Å². The van der Waals surface area contributed by atoms with Gasteiger partial charge in [0, 0.05) is 24.0 Å². The molecule has 4 aromatic rings. The van der Waals surface area contributed by atoms with E-state index in [4.69, 9.17) is 49.2 Å². The van der Waals surface area contributed by atoms with Crippen LogP contribution < -0.4 is 4.74 Å². The third-order valence-electron chi connectivity index (χ3n) is 4.42. The minimum absolute atomic E-state index is 0.00916. The standard InChI is InChI=1S/C19H10Cl3F3N4O5/c20-9-3-14(33-6-13(30)18(31)32)10(21)2-8(9)15-27-17(34-28-15)12-5-29-4-7(19(23,24)25)1-11(22)16(29)26-12/h1-5,13,30H,6H2,(H,31,32). The Morgan fingerprint density at radius 2 is 1.85 bits per heavy atom. The lowest BCUT2D eigenvalue weighted by Crippen LogP contribution is -2.26. The van der Waals surface area contributed by atoms with Gasteiger partial charge in [0.1, 0.15) is 18.1 Å². The van der Waals surface area contributed by atoms with E-state index in [-0.39, 0.29) is 49.4 Å². The van der Waals surface area contributed by atoms with E-state index in [9.17, 15) is 23.1 Å². The molecule has 0 amide bonds. The Bertz CT molecular complexity index is 1410. The smallest absolute Gasteiger partial charge is 0.417 e. The van der Waals surface area contributed by atoms with Crippen LogP contribution >= 0.6 is 34.8 Å². The summed E-state index contributed by atoms with van der Waals surface area (Å²) >= 11 is 18.3. The van der Waals surface area contributed by atoms with E-state index < -0.39 is 30.4 Å². The zero-order chi connectivity index (χ0) is 24.8. The molecule has 0 spiro atoms. The summed E-state index contributed by atoms with van der Waals surface area (Å²) in [6.07, 6.45) is -4.30. The topological polar surface area (TPSA) is 123 Å². The molecule has 15 heteroatoms. The van der Waals surface area contributed by atoms with Gasteiger partial charge in [0.15, 0.2) is 11.8 Å². The molecule has 1 aromatic carbocycles. The summed E-state index contributed by atoms with van der Waals surface area (Å²) in [4.78, 5) is 19.0. The molecular formula is C19H10Cl3F3N4O5. The molecule has 0 aliphatic heterocycles. The van der Waals surface area contributed by atoms with Gasteiger partial charge in [0.2, 0.25) is 5.82 Å². The fourth-order valence-corrected chi connectivity index (χ4v) is 3.52. The van der Waals surface area contributed by atoms with Crippen LogP contribution in [0, 0.1) is 0 Å². The van der Waals surface area contributed by atoms with Gasteiger partial charge in [0.25, 0.3) is 5.89 Å². The van der Waals surface area contributed by atoms with E-state index in [2.05, 4.69) is 15.1 Å². The van der Waals surface area contributed by atoms with Crippen LogP contribution in [-0.4, -0.2) is 48.4 Å². The van der Waals surface area contributed by atoms with Crippen LogP contribution in [-0.2, 0) is 11.0 Å². The summed E-state index contributed by atoms with van der Waals surface area (Å²) in [7, 11) is 0. The highest BCUT2D eigenvalue weighted by Gasteiger charge is 2.32. The zero-order valence-corrected chi connectivity index (χ0v) is 18.6. The fraction of sp³-hybridized carbons (Fsp3) is 0.158.